The molecule has 1 heterocycles. The van der Waals surface area contributed by atoms with Gasteiger partial charge in [-0.05, 0) is 55.7 Å². The molecule has 0 aliphatic heterocycles. The van der Waals surface area contributed by atoms with E-state index in [1.165, 1.54) is 5.56 Å². The second-order valence-corrected chi connectivity index (χ2v) is 5.41. The zero-order valence-electron chi connectivity index (χ0n) is 12.6. The van der Waals surface area contributed by atoms with Crippen molar-refractivity contribution >= 4 is 23.0 Å². The lowest BCUT2D eigenvalue weighted by atomic mass is 10.1. The SMILES string of the molecule is CCc1ccc(NC(=S)NCCCn2ccc(C)n2)cc1. The van der Waals surface area contributed by atoms with E-state index in [1.54, 1.807) is 0 Å². The number of nitrogens with one attached hydrogen (secondary N) is 2. The first kappa shape index (κ1) is 15.5. The number of thiocarbonyl (C=S) groups is 1. The molecule has 2 rings (SSSR count). The molecule has 4 nitrogen and oxygen atoms in total. The van der Waals surface area contributed by atoms with E-state index in [0.29, 0.717) is 5.11 Å². The van der Waals surface area contributed by atoms with Crippen molar-refractivity contribution in [2.24, 2.45) is 0 Å². The van der Waals surface area contributed by atoms with Crippen LogP contribution in [0.2, 0.25) is 0 Å². The molecule has 0 aliphatic carbocycles. The van der Waals surface area contributed by atoms with Crippen LogP contribution in [0.4, 0.5) is 5.69 Å². The molecule has 21 heavy (non-hydrogen) atoms. The highest BCUT2D eigenvalue weighted by molar-refractivity contribution is 7.80. The summed E-state index contributed by atoms with van der Waals surface area (Å²) in [4.78, 5) is 0. The zero-order valence-corrected chi connectivity index (χ0v) is 13.4. The quantitative estimate of drug-likeness (QED) is 0.635. The Kier molecular flexibility index (Phi) is 5.75. The first-order chi connectivity index (χ1) is 10.2. The molecule has 1 aromatic heterocycles. The smallest absolute Gasteiger partial charge is 0.170 e. The third-order valence-corrected chi connectivity index (χ3v) is 3.49. The van der Waals surface area contributed by atoms with Gasteiger partial charge < -0.3 is 10.6 Å². The third kappa shape index (κ3) is 5.19. The Morgan fingerprint density at radius 2 is 2.00 bits per heavy atom. The van der Waals surface area contributed by atoms with Gasteiger partial charge in [0.1, 0.15) is 0 Å². The van der Waals surface area contributed by atoms with Crippen molar-refractivity contribution in [3.63, 3.8) is 0 Å². The Hall–Kier alpha value is -1.88. The lowest BCUT2D eigenvalue weighted by Crippen LogP contribution is -2.29. The summed E-state index contributed by atoms with van der Waals surface area (Å²) >= 11 is 5.29. The van der Waals surface area contributed by atoms with Gasteiger partial charge in [-0.15, -0.1) is 0 Å². The number of hydrogen-bond acceptors (Lipinski definition) is 2. The van der Waals surface area contributed by atoms with E-state index < -0.39 is 0 Å². The molecular formula is C16H22N4S. The van der Waals surface area contributed by atoms with Crippen LogP contribution in [0.3, 0.4) is 0 Å². The molecular weight excluding hydrogens is 280 g/mol. The monoisotopic (exact) mass is 302 g/mol. The van der Waals surface area contributed by atoms with Crippen LogP contribution in [-0.4, -0.2) is 21.4 Å². The summed E-state index contributed by atoms with van der Waals surface area (Å²) in [5.41, 5.74) is 3.40. The van der Waals surface area contributed by atoms with Gasteiger partial charge in [0.05, 0.1) is 5.69 Å². The van der Waals surface area contributed by atoms with Crippen LogP contribution >= 0.6 is 12.2 Å². The number of hydrogen-bond donors (Lipinski definition) is 2. The molecule has 112 valence electrons. The van der Waals surface area contributed by atoms with Crippen LogP contribution in [0.1, 0.15) is 24.6 Å². The first-order valence-electron chi connectivity index (χ1n) is 7.31. The summed E-state index contributed by atoms with van der Waals surface area (Å²) in [5.74, 6) is 0. The van der Waals surface area contributed by atoms with Gasteiger partial charge in [0.2, 0.25) is 0 Å². The van der Waals surface area contributed by atoms with E-state index in [4.69, 9.17) is 12.2 Å². The van der Waals surface area contributed by atoms with Gasteiger partial charge in [-0.1, -0.05) is 19.1 Å². The highest BCUT2D eigenvalue weighted by atomic mass is 32.1. The largest absolute Gasteiger partial charge is 0.362 e. The second kappa shape index (κ2) is 7.78. The maximum atomic E-state index is 5.29. The Bertz CT molecular complexity index is 574. The highest BCUT2D eigenvalue weighted by Crippen LogP contribution is 2.09. The Morgan fingerprint density at radius 1 is 1.24 bits per heavy atom. The number of anilines is 1. The first-order valence-corrected chi connectivity index (χ1v) is 7.72. The van der Waals surface area contributed by atoms with Crippen LogP contribution in [-0.2, 0) is 13.0 Å². The Labute approximate surface area is 131 Å². The van der Waals surface area contributed by atoms with Gasteiger partial charge in [0.15, 0.2) is 5.11 Å². The van der Waals surface area contributed by atoms with Gasteiger partial charge >= 0.3 is 0 Å². The summed E-state index contributed by atoms with van der Waals surface area (Å²) in [6.45, 7) is 5.87. The fourth-order valence-electron chi connectivity index (χ4n) is 2.03. The lowest BCUT2D eigenvalue weighted by molar-refractivity contribution is 0.570. The molecule has 0 atom stereocenters. The van der Waals surface area contributed by atoms with Gasteiger partial charge in [0, 0.05) is 25.0 Å². The van der Waals surface area contributed by atoms with Crippen molar-refractivity contribution in [2.75, 3.05) is 11.9 Å². The van der Waals surface area contributed by atoms with Crippen molar-refractivity contribution < 1.29 is 0 Å². The topological polar surface area (TPSA) is 41.9 Å². The van der Waals surface area contributed by atoms with E-state index >= 15 is 0 Å². The molecule has 0 saturated carbocycles. The summed E-state index contributed by atoms with van der Waals surface area (Å²) in [7, 11) is 0. The molecule has 0 spiro atoms. The van der Waals surface area contributed by atoms with Crippen LogP contribution < -0.4 is 10.6 Å². The van der Waals surface area contributed by atoms with E-state index in [2.05, 4.69) is 46.9 Å². The molecule has 0 amide bonds. The molecule has 0 saturated heterocycles. The van der Waals surface area contributed by atoms with Gasteiger partial charge in [-0.2, -0.15) is 5.10 Å². The summed E-state index contributed by atoms with van der Waals surface area (Å²) < 4.78 is 1.96. The molecule has 0 fully saturated rings. The minimum Gasteiger partial charge on any atom is -0.362 e. The third-order valence-electron chi connectivity index (χ3n) is 3.24. The molecule has 0 unspecified atom stereocenters. The summed E-state index contributed by atoms with van der Waals surface area (Å²) in [6, 6.07) is 10.4. The van der Waals surface area contributed by atoms with Crippen LogP contribution in [0, 0.1) is 6.92 Å². The highest BCUT2D eigenvalue weighted by Gasteiger charge is 1.98. The van der Waals surface area contributed by atoms with Crippen molar-refractivity contribution in [3.8, 4) is 0 Å². The average molecular weight is 302 g/mol. The van der Waals surface area contributed by atoms with Crippen LogP contribution in [0.5, 0.6) is 0 Å². The van der Waals surface area contributed by atoms with Gasteiger partial charge in [0.25, 0.3) is 0 Å². The number of aromatic nitrogens is 2. The van der Waals surface area contributed by atoms with Crippen molar-refractivity contribution in [1.82, 2.24) is 15.1 Å². The minimum absolute atomic E-state index is 0.663. The Morgan fingerprint density at radius 3 is 2.62 bits per heavy atom. The number of aryl methyl sites for hydroxylation is 3. The number of nitrogens with zero attached hydrogens (tertiary/aromatic N) is 2. The lowest BCUT2D eigenvalue weighted by Gasteiger charge is -2.11. The number of benzene rings is 1. The van der Waals surface area contributed by atoms with Gasteiger partial charge in [-0.3, -0.25) is 4.68 Å². The second-order valence-electron chi connectivity index (χ2n) is 5.01. The zero-order chi connectivity index (χ0) is 15.1. The van der Waals surface area contributed by atoms with Crippen molar-refractivity contribution in [3.05, 3.63) is 47.8 Å². The Balaban J connectivity index is 1.67. The maximum Gasteiger partial charge on any atom is 0.170 e. The number of rotatable bonds is 6. The predicted octanol–water partition coefficient (Wildman–Crippen LogP) is 3.13. The fourth-order valence-corrected chi connectivity index (χ4v) is 2.25. The standard InChI is InChI=1S/C16H22N4S/c1-3-14-5-7-15(8-6-14)18-16(21)17-10-4-11-20-12-9-13(2)19-20/h5-9,12H,3-4,10-11H2,1-2H3,(H2,17,18,21). The van der Waals surface area contributed by atoms with Crippen LogP contribution in [0.25, 0.3) is 0 Å². The molecule has 0 radical (unpaired) electrons. The van der Waals surface area contributed by atoms with Crippen molar-refractivity contribution in [1.29, 1.82) is 0 Å². The maximum absolute atomic E-state index is 5.29. The molecule has 2 aromatic rings. The van der Waals surface area contributed by atoms with E-state index in [0.717, 1.165) is 37.3 Å². The van der Waals surface area contributed by atoms with Gasteiger partial charge in [-0.25, -0.2) is 0 Å². The van der Waals surface area contributed by atoms with Crippen molar-refractivity contribution in [2.45, 2.75) is 33.2 Å². The average Bonchev–Trinajstić information content (AvgIpc) is 2.90. The predicted molar refractivity (Wildman–Crippen MR) is 91.6 cm³/mol. The summed E-state index contributed by atoms with van der Waals surface area (Å²) in [5, 5.41) is 11.4. The molecule has 2 N–H and O–H groups in total. The molecule has 0 bridgehead atoms. The fraction of sp³-hybridized carbons (Fsp3) is 0.375. The van der Waals surface area contributed by atoms with E-state index in [-0.39, 0.29) is 0 Å². The van der Waals surface area contributed by atoms with E-state index in [1.807, 2.05) is 23.9 Å². The van der Waals surface area contributed by atoms with Crippen LogP contribution in [0.15, 0.2) is 36.5 Å². The molecule has 1 aromatic carbocycles. The van der Waals surface area contributed by atoms with E-state index in [9.17, 15) is 0 Å². The molecule has 5 heteroatoms. The minimum atomic E-state index is 0.663. The summed E-state index contributed by atoms with van der Waals surface area (Å²) in [6.07, 6.45) is 4.04. The molecule has 0 aliphatic rings. The normalized spacial score (nSPS) is 10.4.